The van der Waals surface area contributed by atoms with E-state index in [2.05, 4.69) is 4.74 Å². The summed E-state index contributed by atoms with van der Waals surface area (Å²) in [5.74, 6) is -5.77. The smallest absolute Gasteiger partial charge is 0.343 e. The second kappa shape index (κ2) is 3.13. The molecule has 7 nitrogen and oxygen atoms in total. The van der Waals surface area contributed by atoms with E-state index in [1.54, 1.807) is 0 Å². The molecule has 0 spiro atoms. The Labute approximate surface area is 82.9 Å². The first-order chi connectivity index (χ1) is 7.06. The number of hydrogen-bond donors (Lipinski definition) is 1. The molecule has 0 aromatic rings. The SMILES string of the molecule is O=CC1OC2C(=O)OC(=O)C2C1C(=O)O. The maximum Gasteiger partial charge on any atom is 0.343 e. The van der Waals surface area contributed by atoms with E-state index in [9.17, 15) is 19.2 Å². The molecule has 15 heavy (non-hydrogen) atoms. The topological polar surface area (TPSA) is 107 Å². The molecule has 4 atom stereocenters. The number of aldehydes is 1. The van der Waals surface area contributed by atoms with E-state index < -0.39 is 42.0 Å². The minimum Gasteiger partial charge on any atom is -0.481 e. The molecule has 0 aliphatic carbocycles. The summed E-state index contributed by atoms with van der Waals surface area (Å²) in [5.41, 5.74) is 0. The summed E-state index contributed by atoms with van der Waals surface area (Å²) < 4.78 is 9.07. The molecule has 0 amide bonds. The van der Waals surface area contributed by atoms with Crippen LogP contribution in [0.2, 0.25) is 0 Å². The molecular weight excluding hydrogens is 208 g/mol. The molecule has 4 unspecified atom stereocenters. The van der Waals surface area contributed by atoms with Gasteiger partial charge in [-0.15, -0.1) is 0 Å². The molecule has 0 aromatic carbocycles. The standard InChI is InChI=1S/C8H6O7/c9-1-2-3(6(10)11)4-5(14-2)8(13)15-7(4)12/h1-5H,(H,10,11). The Kier molecular flexibility index (Phi) is 2.04. The van der Waals surface area contributed by atoms with E-state index in [-0.39, 0.29) is 6.29 Å². The van der Waals surface area contributed by atoms with Crippen molar-refractivity contribution in [1.82, 2.24) is 0 Å². The van der Waals surface area contributed by atoms with Crippen LogP contribution in [0, 0.1) is 11.8 Å². The molecule has 2 fully saturated rings. The van der Waals surface area contributed by atoms with Crippen molar-refractivity contribution >= 4 is 24.2 Å². The highest BCUT2D eigenvalue weighted by Gasteiger charge is 2.60. The van der Waals surface area contributed by atoms with Gasteiger partial charge in [0.1, 0.15) is 24.2 Å². The van der Waals surface area contributed by atoms with Gasteiger partial charge in [-0.1, -0.05) is 0 Å². The van der Waals surface area contributed by atoms with E-state index in [0.717, 1.165) is 0 Å². The summed E-state index contributed by atoms with van der Waals surface area (Å²) in [5, 5.41) is 8.81. The first kappa shape index (κ1) is 9.78. The van der Waals surface area contributed by atoms with Gasteiger partial charge in [0, 0.05) is 0 Å². The molecule has 0 bridgehead atoms. The van der Waals surface area contributed by atoms with Crippen molar-refractivity contribution in [3.8, 4) is 0 Å². The van der Waals surface area contributed by atoms with E-state index in [1.807, 2.05) is 0 Å². The Hall–Kier alpha value is -1.76. The van der Waals surface area contributed by atoms with Gasteiger partial charge in [0.05, 0.1) is 0 Å². The van der Waals surface area contributed by atoms with Gasteiger partial charge >= 0.3 is 17.9 Å². The van der Waals surface area contributed by atoms with Crippen LogP contribution < -0.4 is 0 Å². The Bertz CT molecular complexity index is 360. The first-order valence-electron chi connectivity index (χ1n) is 4.15. The predicted molar refractivity (Wildman–Crippen MR) is 40.4 cm³/mol. The van der Waals surface area contributed by atoms with Crippen LogP contribution in [0.3, 0.4) is 0 Å². The number of carboxylic acid groups (broad SMARTS) is 1. The lowest BCUT2D eigenvalue weighted by Gasteiger charge is -2.10. The van der Waals surface area contributed by atoms with Gasteiger partial charge in [-0.25, -0.2) is 4.79 Å². The third-order valence-electron chi connectivity index (χ3n) is 2.50. The molecule has 7 heteroatoms. The average Bonchev–Trinajstić information content (AvgIpc) is 2.66. The van der Waals surface area contributed by atoms with Crippen molar-refractivity contribution in [3.63, 3.8) is 0 Å². The van der Waals surface area contributed by atoms with Crippen LogP contribution in [-0.4, -0.2) is 41.5 Å². The summed E-state index contributed by atoms with van der Waals surface area (Å²) >= 11 is 0. The van der Waals surface area contributed by atoms with Crippen molar-refractivity contribution in [2.24, 2.45) is 11.8 Å². The number of fused-ring (bicyclic) bond motifs is 1. The van der Waals surface area contributed by atoms with Gasteiger partial charge in [-0.2, -0.15) is 0 Å². The number of carbonyl (C=O) groups is 4. The number of carbonyl (C=O) groups excluding carboxylic acids is 3. The van der Waals surface area contributed by atoms with Crippen LogP contribution in [0.5, 0.6) is 0 Å². The maximum atomic E-state index is 11.1. The molecule has 0 radical (unpaired) electrons. The van der Waals surface area contributed by atoms with Crippen LogP contribution in [0.4, 0.5) is 0 Å². The molecule has 2 rings (SSSR count). The van der Waals surface area contributed by atoms with Crippen molar-refractivity contribution in [2.75, 3.05) is 0 Å². The summed E-state index contributed by atoms with van der Waals surface area (Å²) in [4.78, 5) is 43.5. The lowest BCUT2D eigenvalue weighted by atomic mass is 9.89. The molecule has 80 valence electrons. The first-order valence-corrected chi connectivity index (χ1v) is 4.15. The summed E-state index contributed by atoms with van der Waals surface area (Å²) in [6.45, 7) is 0. The van der Waals surface area contributed by atoms with Crippen molar-refractivity contribution in [3.05, 3.63) is 0 Å². The van der Waals surface area contributed by atoms with Gasteiger partial charge < -0.3 is 19.4 Å². The number of aliphatic carboxylic acids is 1. The summed E-state index contributed by atoms with van der Waals surface area (Å²) in [6.07, 6.45) is -2.25. The quantitative estimate of drug-likeness (QED) is 0.333. The molecule has 0 saturated carbocycles. The van der Waals surface area contributed by atoms with Gasteiger partial charge in [0.2, 0.25) is 0 Å². The van der Waals surface area contributed by atoms with Gasteiger partial charge in [0.15, 0.2) is 6.10 Å². The number of esters is 2. The maximum absolute atomic E-state index is 11.1. The zero-order valence-corrected chi connectivity index (χ0v) is 7.28. The monoisotopic (exact) mass is 214 g/mol. The second-order valence-electron chi connectivity index (χ2n) is 3.29. The molecule has 1 N–H and O–H groups in total. The number of hydrogen-bond acceptors (Lipinski definition) is 6. The van der Waals surface area contributed by atoms with Gasteiger partial charge in [0.25, 0.3) is 0 Å². The molecule has 2 aliphatic heterocycles. The number of rotatable bonds is 2. The molecular formula is C8H6O7. The fourth-order valence-electron chi connectivity index (χ4n) is 1.84. The third-order valence-corrected chi connectivity index (χ3v) is 2.50. The largest absolute Gasteiger partial charge is 0.481 e. The minimum atomic E-state index is -1.36. The van der Waals surface area contributed by atoms with E-state index in [0.29, 0.717) is 0 Å². The van der Waals surface area contributed by atoms with Crippen LogP contribution in [0.15, 0.2) is 0 Å². The minimum absolute atomic E-state index is 0.275. The Balaban J connectivity index is 2.36. The summed E-state index contributed by atoms with van der Waals surface area (Å²) in [6, 6.07) is 0. The van der Waals surface area contributed by atoms with E-state index in [1.165, 1.54) is 0 Å². The number of carboxylic acids is 1. The van der Waals surface area contributed by atoms with Crippen molar-refractivity contribution in [1.29, 1.82) is 0 Å². The average molecular weight is 214 g/mol. The third kappa shape index (κ3) is 1.23. The molecule has 2 aliphatic rings. The molecule has 2 saturated heterocycles. The molecule has 2 heterocycles. The number of cyclic esters (lactones) is 2. The summed E-state index contributed by atoms with van der Waals surface area (Å²) in [7, 11) is 0. The Morgan fingerprint density at radius 2 is 2.00 bits per heavy atom. The zero-order valence-electron chi connectivity index (χ0n) is 7.28. The van der Waals surface area contributed by atoms with Crippen molar-refractivity contribution < 1.29 is 33.8 Å². The van der Waals surface area contributed by atoms with Gasteiger partial charge in [-0.05, 0) is 0 Å². The van der Waals surface area contributed by atoms with Crippen LogP contribution in [0.1, 0.15) is 0 Å². The zero-order chi connectivity index (χ0) is 11.2. The fraction of sp³-hybridized carbons (Fsp3) is 0.500. The lowest BCUT2D eigenvalue weighted by Crippen LogP contribution is -2.33. The normalized spacial score (nSPS) is 38.7. The Morgan fingerprint density at radius 1 is 1.33 bits per heavy atom. The van der Waals surface area contributed by atoms with Crippen LogP contribution in [0.25, 0.3) is 0 Å². The predicted octanol–water partition coefficient (Wildman–Crippen LogP) is -1.65. The lowest BCUT2D eigenvalue weighted by molar-refractivity contribution is -0.162. The Morgan fingerprint density at radius 3 is 2.53 bits per heavy atom. The van der Waals surface area contributed by atoms with Crippen LogP contribution in [-0.2, 0) is 28.7 Å². The highest BCUT2D eigenvalue weighted by Crippen LogP contribution is 2.37. The van der Waals surface area contributed by atoms with Gasteiger partial charge in [-0.3, -0.25) is 9.59 Å². The van der Waals surface area contributed by atoms with E-state index >= 15 is 0 Å². The highest BCUT2D eigenvalue weighted by atomic mass is 16.6. The van der Waals surface area contributed by atoms with E-state index in [4.69, 9.17) is 9.84 Å². The van der Waals surface area contributed by atoms with Crippen LogP contribution >= 0.6 is 0 Å². The number of ether oxygens (including phenoxy) is 2. The second-order valence-corrected chi connectivity index (χ2v) is 3.29. The van der Waals surface area contributed by atoms with Crippen molar-refractivity contribution in [2.45, 2.75) is 12.2 Å². The highest BCUT2D eigenvalue weighted by molar-refractivity contribution is 6.01. The fourth-order valence-corrected chi connectivity index (χ4v) is 1.84. The molecule has 0 aromatic heterocycles.